The molecule has 2 atom stereocenters. The minimum Gasteiger partial charge on any atom is -0.393 e. The smallest absolute Gasteiger partial charge is 0.157 e. The maximum atomic E-state index is 9.88. The number of rotatable bonds is 7. The molecule has 118 valence electrons. The van der Waals surface area contributed by atoms with Crippen molar-refractivity contribution in [3.63, 3.8) is 0 Å². The number of aliphatic hydroxyl groups is 1. The van der Waals surface area contributed by atoms with Gasteiger partial charge in [-0.15, -0.1) is 0 Å². The van der Waals surface area contributed by atoms with Crippen LogP contribution in [0.5, 0.6) is 0 Å². The molecule has 2 rings (SSSR count). The molecule has 0 amide bonds. The van der Waals surface area contributed by atoms with Gasteiger partial charge in [0.15, 0.2) is 6.29 Å². The first-order chi connectivity index (χ1) is 10.00. The molecule has 21 heavy (non-hydrogen) atoms. The highest BCUT2D eigenvalue weighted by Gasteiger charge is 2.34. The molecule has 0 radical (unpaired) electrons. The summed E-state index contributed by atoms with van der Waals surface area (Å²) in [7, 11) is -1.61. The van der Waals surface area contributed by atoms with Crippen LogP contribution in [0.2, 0.25) is 18.6 Å². The summed E-state index contributed by atoms with van der Waals surface area (Å²) < 4.78 is 11.1. The second-order valence-corrected chi connectivity index (χ2v) is 11.5. The SMILES string of the molecule is C[C@H](O)C[C@H](CCC1OCCO1)[Si](C)(C)c1ccccc1. The molecule has 1 heterocycles. The van der Waals surface area contributed by atoms with E-state index < -0.39 is 8.07 Å². The van der Waals surface area contributed by atoms with Crippen LogP contribution < -0.4 is 5.19 Å². The number of hydrogen-bond acceptors (Lipinski definition) is 3. The third-order valence-corrected chi connectivity index (χ3v) is 8.99. The first-order valence-electron chi connectivity index (χ1n) is 7.97. The largest absolute Gasteiger partial charge is 0.393 e. The Kier molecular flexibility index (Phi) is 5.99. The Morgan fingerprint density at radius 1 is 1.19 bits per heavy atom. The second-order valence-electron chi connectivity index (χ2n) is 6.62. The Bertz CT molecular complexity index is 413. The second kappa shape index (κ2) is 7.54. The van der Waals surface area contributed by atoms with Crippen molar-refractivity contribution in [1.82, 2.24) is 0 Å². The summed E-state index contributed by atoms with van der Waals surface area (Å²) in [6, 6.07) is 10.8. The zero-order valence-corrected chi connectivity index (χ0v) is 14.4. The third kappa shape index (κ3) is 4.64. The Balaban J connectivity index is 2.06. The molecular weight excluding hydrogens is 280 g/mol. The monoisotopic (exact) mass is 308 g/mol. The van der Waals surface area contributed by atoms with Gasteiger partial charge in [-0.25, -0.2) is 0 Å². The first-order valence-corrected chi connectivity index (χ1v) is 11.0. The maximum Gasteiger partial charge on any atom is 0.157 e. The molecule has 0 bridgehead atoms. The van der Waals surface area contributed by atoms with Crippen LogP contribution in [0.4, 0.5) is 0 Å². The summed E-state index contributed by atoms with van der Waals surface area (Å²) in [5.74, 6) is 0. The van der Waals surface area contributed by atoms with Gasteiger partial charge in [0.25, 0.3) is 0 Å². The van der Waals surface area contributed by atoms with E-state index in [-0.39, 0.29) is 12.4 Å². The van der Waals surface area contributed by atoms with Gasteiger partial charge in [0, 0.05) is 0 Å². The molecule has 1 aliphatic rings. The molecule has 1 aromatic carbocycles. The van der Waals surface area contributed by atoms with Gasteiger partial charge < -0.3 is 14.6 Å². The Labute approximate surface area is 129 Å². The molecule has 0 aliphatic carbocycles. The number of ether oxygens (including phenoxy) is 2. The van der Waals surface area contributed by atoms with Crippen molar-refractivity contribution < 1.29 is 14.6 Å². The van der Waals surface area contributed by atoms with Crippen LogP contribution in [-0.2, 0) is 9.47 Å². The van der Waals surface area contributed by atoms with Crippen LogP contribution in [0.1, 0.15) is 26.2 Å². The van der Waals surface area contributed by atoms with Gasteiger partial charge in [0.05, 0.1) is 27.4 Å². The van der Waals surface area contributed by atoms with Crippen molar-refractivity contribution in [3.05, 3.63) is 30.3 Å². The van der Waals surface area contributed by atoms with E-state index in [2.05, 4.69) is 43.4 Å². The molecule has 0 spiro atoms. The molecule has 0 saturated carbocycles. The molecule has 1 fully saturated rings. The molecule has 4 heteroatoms. The highest BCUT2D eigenvalue weighted by atomic mass is 28.3. The summed E-state index contributed by atoms with van der Waals surface area (Å²) in [6.07, 6.45) is 2.56. The van der Waals surface area contributed by atoms with Crippen molar-refractivity contribution in [1.29, 1.82) is 0 Å². The van der Waals surface area contributed by atoms with Gasteiger partial charge in [-0.2, -0.15) is 0 Å². The average molecular weight is 308 g/mol. The van der Waals surface area contributed by atoms with Crippen LogP contribution in [-0.4, -0.2) is 38.8 Å². The lowest BCUT2D eigenvalue weighted by Gasteiger charge is -2.34. The Hall–Kier alpha value is -0.683. The fourth-order valence-electron chi connectivity index (χ4n) is 3.20. The van der Waals surface area contributed by atoms with Crippen LogP contribution >= 0.6 is 0 Å². The first kappa shape index (κ1) is 16.7. The van der Waals surface area contributed by atoms with E-state index in [1.54, 1.807) is 0 Å². The van der Waals surface area contributed by atoms with E-state index in [0.717, 1.165) is 19.3 Å². The summed E-state index contributed by atoms with van der Waals surface area (Å²) in [5, 5.41) is 11.3. The van der Waals surface area contributed by atoms with E-state index in [0.29, 0.717) is 18.8 Å². The molecular formula is C17H28O3Si. The normalized spacial score (nSPS) is 19.6. The average Bonchev–Trinajstić information content (AvgIpc) is 2.97. The van der Waals surface area contributed by atoms with Crippen molar-refractivity contribution in [3.8, 4) is 0 Å². The number of hydrogen-bond donors (Lipinski definition) is 1. The zero-order chi connectivity index (χ0) is 15.3. The minimum atomic E-state index is -1.61. The van der Waals surface area contributed by atoms with E-state index in [1.165, 1.54) is 5.19 Å². The molecule has 1 saturated heterocycles. The summed E-state index contributed by atoms with van der Waals surface area (Å²) in [5.41, 5.74) is 0.535. The molecule has 1 aromatic rings. The fourth-order valence-corrected chi connectivity index (χ4v) is 6.54. The van der Waals surface area contributed by atoms with Gasteiger partial charge in [0.2, 0.25) is 0 Å². The molecule has 3 nitrogen and oxygen atoms in total. The third-order valence-electron chi connectivity index (χ3n) is 4.61. The van der Waals surface area contributed by atoms with E-state index in [4.69, 9.17) is 9.47 Å². The lowest BCUT2D eigenvalue weighted by molar-refractivity contribution is -0.0483. The zero-order valence-electron chi connectivity index (χ0n) is 13.4. The van der Waals surface area contributed by atoms with Crippen molar-refractivity contribution in [2.75, 3.05) is 13.2 Å². The molecule has 1 N–H and O–H groups in total. The highest BCUT2D eigenvalue weighted by Crippen LogP contribution is 2.33. The van der Waals surface area contributed by atoms with Crippen LogP contribution in [0.15, 0.2) is 30.3 Å². The number of benzene rings is 1. The predicted octanol–water partition coefficient (Wildman–Crippen LogP) is 2.90. The summed E-state index contributed by atoms with van der Waals surface area (Å²) >= 11 is 0. The summed E-state index contributed by atoms with van der Waals surface area (Å²) in [4.78, 5) is 0. The van der Waals surface area contributed by atoms with Gasteiger partial charge >= 0.3 is 0 Å². The Morgan fingerprint density at radius 3 is 2.38 bits per heavy atom. The number of aliphatic hydroxyl groups excluding tert-OH is 1. The fraction of sp³-hybridized carbons (Fsp3) is 0.647. The topological polar surface area (TPSA) is 38.7 Å². The lowest BCUT2D eigenvalue weighted by Crippen LogP contribution is -2.47. The molecule has 1 aliphatic heterocycles. The van der Waals surface area contributed by atoms with Crippen LogP contribution in [0.3, 0.4) is 0 Å². The van der Waals surface area contributed by atoms with Gasteiger partial charge in [-0.1, -0.05) is 48.6 Å². The summed E-state index contributed by atoms with van der Waals surface area (Å²) in [6.45, 7) is 8.14. The van der Waals surface area contributed by atoms with Gasteiger partial charge in [-0.3, -0.25) is 0 Å². The minimum absolute atomic E-state index is 0.0397. The quantitative estimate of drug-likeness (QED) is 0.787. The van der Waals surface area contributed by atoms with Crippen molar-refractivity contribution >= 4 is 13.3 Å². The van der Waals surface area contributed by atoms with E-state index in [1.807, 2.05) is 6.92 Å². The highest BCUT2D eigenvalue weighted by molar-refractivity contribution is 6.91. The van der Waals surface area contributed by atoms with E-state index in [9.17, 15) is 5.11 Å². The molecule has 0 unspecified atom stereocenters. The maximum absolute atomic E-state index is 9.88. The van der Waals surface area contributed by atoms with Crippen LogP contribution in [0.25, 0.3) is 0 Å². The Morgan fingerprint density at radius 2 is 1.81 bits per heavy atom. The van der Waals surface area contributed by atoms with Crippen LogP contribution in [0, 0.1) is 0 Å². The van der Waals surface area contributed by atoms with Crippen molar-refractivity contribution in [2.45, 2.75) is 57.2 Å². The standard InChI is InChI=1S/C17H28O3Si/c1-14(18)13-16(9-10-17-19-11-12-20-17)21(2,3)15-7-5-4-6-8-15/h4-8,14,16-18H,9-13H2,1-3H3/t14-,16-/m0/s1. The van der Waals surface area contributed by atoms with Gasteiger partial charge in [-0.05, 0) is 31.7 Å². The predicted molar refractivity (Wildman–Crippen MR) is 88.5 cm³/mol. The van der Waals surface area contributed by atoms with Crippen molar-refractivity contribution in [2.24, 2.45) is 0 Å². The van der Waals surface area contributed by atoms with E-state index >= 15 is 0 Å². The lowest BCUT2D eigenvalue weighted by atomic mass is 10.1. The van der Waals surface area contributed by atoms with Gasteiger partial charge in [0.1, 0.15) is 0 Å². The molecule has 0 aromatic heterocycles.